The fourth-order valence-corrected chi connectivity index (χ4v) is 2.95. The van der Waals surface area contributed by atoms with E-state index < -0.39 is 6.10 Å². The highest BCUT2D eigenvalue weighted by atomic mass is 35.5. The molecule has 1 nitrogen and oxygen atoms in total. The van der Waals surface area contributed by atoms with E-state index in [0.29, 0.717) is 22.9 Å². The van der Waals surface area contributed by atoms with Crippen molar-refractivity contribution in [2.45, 2.75) is 24.9 Å². The summed E-state index contributed by atoms with van der Waals surface area (Å²) in [5, 5.41) is 10.7. The molecule has 1 saturated carbocycles. The van der Waals surface area contributed by atoms with Gasteiger partial charge in [0, 0.05) is 11.4 Å². The molecule has 2 aromatic carbocycles. The Morgan fingerprint density at radius 1 is 1.20 bits per heavy atom. The van der Waals surface area contributed by atoms with E-state index in [4.69, 9.17) is 11.6 Å². The van der Waals surface area contributed by atoms with Crippen LogP contribution in [0.4, 0.5) is 4.39 Å². The van der Waals surface area contributed by atoms with E-state index in [2.05, 4.69) is 12.1 Å². The van der Waals surface area contributed by atoms with Gasteiger partial charge in [-0.1, -0.05) is 48.0 Å². The molecule has 0 heterocycles. The highest BCUT2D eigenvalue weighted by Gasteiger charge is 2.43. The lowest BCUT2D eigenvalue weighted by Gasteiger charge is -2.11. The van der Waals surface area contributed by atoms with Crippen molar-refractivity contribution in [3.63, 3.8) is 0 Å². The van der Waals surface area contributed by atoms with Gasteiger partial charge in [-0.25, -0.2) is 4.39 Å². The van der Waals surface area contributed by atoms with Gasteiger partial charge in [0.1, 0.15) is 5.82 Å². The van der Waals surface area contributed by atoms with Crippen molar-refractivity contribution in [3.05, 3.63) is 70.5 Å². The minimum Gasteiger partial charge on any atom is -0.392 e. The molecule has 0 aliphatic heterocycles. The first kappa shape index (κ1) is 13.6. The largest absolute Gasteiger partial charge is 0.392 e. The van der Waals surface area contributed by atoms with Crippen LogP contribution in [0.15, 0.2) is 48.5 Å². The Morgan fingerprint density at radius 3 is 2.65 bits per heavy atom. The second-order valence-corrected chi connectivity index (χ2v) is 5.86. The molecule has 0 aromatic heterocycles. The van der Waals surface area contributed by atoms with Crippen LogP contribution in [-0.2, 0) is 6.42 Å². The molecule has 1 aliphatic rings. The number of rotatable bonds is 4. The summed E-state index contributed by atoms with van der Waals surface area (Å²) >= 11 is 5.73. The average Bonchev–Trinajstić information content (AvgIpc) is 3.23. The smallest absolute Gasteiger partial charge is 0.127 e. The van der Waals surface area contributed by atoms with E-state index in [9.17, 15) is 9.50 Å². The summed E-state index contributed by atoms with van der Waals surface area (Å²) in [5.74, 6) is 0.294. The van der Waals surface area contributed by atoms with Crippen molar-refractivity contribution in [3.8, 4) is 0 Å². The number of hydrogen-bond acceptors (Lipinski definition) is 1. The molecule has 0 bridgehead atoms. The van der Waals surface area contributed by atoms with Crippen molar-refractivity contribution >= 4 is 11.6 Å². The third-order valence-electron chi connectivity index (χ3n) is 4.01. The predicted octanol–water partition coefficient (Wildman–Crippen LogP) is 4.19. The summed E-state index contributed by atoms with van der Waals surface area (Å²) in [6.07, 6.45) is 0.813. The Labute approximate surface area is 123 Å². The predicted molar refractivity (Wildman–Crippen MR) is 78.4 cm³/mol. The SMILES string of the molecule is OC(Cc1ccc(Cl)cc1F)C1CC1c1ccccc1. The van der Waals surface area contributed by atoms with Gasteiger partial charge in [0.15, 0.2) is 0 Å². The van der Waals surface area contributed by atoms with Crippen molar-refractivity contribution in [2.75, 3.05) is 0 Å². The molecule has 0 saturated heterocycles. The quantitative estimate of drug-likeness (QED) is 0.895. The van der Waals surface area contributed by atoms with Gasteiger partial charge >= 0.3 is 0 Å². The summed E-state index contributed by atoms with van der Waals surface area (Å²) < 4.78 is 13.7. The van der Waals surface area contributed by atoms with Crippen LogP contribution < -0.4 is 0 Å². The highest BCUT2D eigenvalue weighted by molar-refractivity contribution is 6.30. The summed E-state index contributed by atoms with van der Waals surface area (Å²) in [4.78, 5) is 0. The van der Waals surface area contributed by atoms with Crippen LogP contribution in [0.2, 0.25) is 5.02 Å². The molecule has 1 aliphatic carbocycles. The topological polar surface area (TPSA) is 20.2 Å². The van der Waals surface area contributed by atoms with E-state index in [0.717, 1.165) is 6.42 Å². The Bertz CT molecular complexity index is 599. The fraction of sp³-hybridized carbons (Fsp3) is 0.294. The maximum absolute atomic E-state index is 13.7. The number of aliphatic hydroxyl groups is 1. The number of hydrogen-bond donors (Lipinski definition) is 1. The van der Waals surface area contributed by atoms with Gasteiger partial charge in [0.2, 0.25) is 0 Å². The van der Waals surface area contributed by atoms with Crippen LogP contribution in [0.3, 0.4) is 0 Å². The molecule has 3 rings (SSSR count). The van der Waals surface area contributed by atoms with E-state index in [-0.39, 0.29) is 11.7 Å². The van der Waals surface area contributed by atoms with Crippen molar-refractivity contribution in [2.24, 2.45) is 5.92 Å². The average molecular weight is 291 g/mol. The third-order valence-corrected chi connectivity index (χ3v) is 4.24. The third kappa shape index (κ3) is 2.87. The Balaban J connectivity index is 1.65. The second kappa shape index (κ2) is 5.55. The second-order valence-electron chi connectivity index (χ2n) is 5.42. The summed E-state index contributed by atoms with van der Waals surface area (Å²) in [7, 11) is 0. The molecule has 104 valence electrons. The lowest BCUT2D eigenvalue weighted by atomic mass is 10.0. The zero-order valence-electron chi connectivity index (χ0n) is 11.0. The Morgan fingerprint density at radius 2 is 1.95 bits per heavy atom. The van der Waals surface area contributed by atoms with Crippen molar-refractivity contribution < 1.29 is 9.50 Å². The van der Waals surface area contributed by atoms with Gasteiger partial charge in [0.25, 0.3) is 0 Å². The minimum absolute atomic E-state index is 0.229. The Hall–Kier alpha value is -1.38. The number of benzene rings is 2. The minimum atomic E-state index is -0.504. The summed E-state index contributed by atoms with van der Waals surface area (Å²) in [6, 6.07) is 14.8. The molecular formula is C17H16ClFO. The molecular weight excluding hydrogens is 275 g/mol. The highest BCUT2D eigenvalue weighted by Crippen LogP contribution is 2.50. The van der Waals surface area contributed by atoms with Crippen LogP contribution >= 0.6 is 11.6 Å². The van der Waals surface area contributed by atoms with Crippen LogP contribution in [0, 0.1) is 11.7 Å². The molecule has 0 amide bonds. The number of halogens is 2. The first-order valence-electron chi connectivity index (χ1n) is 6.82. The molecule has 3 atom stereocenters. The van der Waals surface area contributed by atoms with Crippen LogP contribution in [-0.4, -0.2) is 11.2 Å². The van der Waals surface area contributed by atoms with Crippen LogP contribution in [0.25, 0.3) is 0 Å². The molecule has 2 aromatic rings. The lowest BCUT2D eigenvalue weighted by molar-refractivity contribution is 0.148. The summed E-state index contributed by atoms with van der Waals surface area (Å²) in [5.41, 5.74) is 1.79. The fourth-order valence-electron chi connectivity index (χ4n) is 2.79. The van der Waals surface area contributed by atoms with Gasteiger partial charge < -0.3 is 5.11 Å². The van der Waals surface area contributed by atoms with Gasteiger partial charge in [-0.15, -0.1) is 0 Å². The van der Waals surface area contributed by atoms with Crippen molar-refractivity contribution in [1.29, 1.82) is 0 Å². The van der Waals surface area contributed by atoms with Gasteiger partial charge in [0.05, 0.1) is 6.10 Å². The van der Waals surface area contributed by atoms with E-state index >= 15 is 0 Å². The lowest BCUT2D eigenvalue weighted by Crippen LogP contribution is -2.15. The molecule has 1 fully saturated rings. The molecule has 0 radical (unpaired) electrons. The first-order valence-corrected chi connectivity index (χ1v) is 7.20. The maximum atomic E-state index is 13.7. The van der Waals surface area contributed by atoms with E-state index in [1.807, 2.05) is 18.2 Å². The summed E-state index contributed by atoms with van der Waals surface area (Å²) in [6.45, 7) is 0. The van der Waals surface area contributed by atoms with E-state index in [1.165, 1.54) is 11.6 Å². The molecule has 3 heteroatoms. The molecule has 3 unspecified atom stereocenters. The zero-order valence-corrected chi connectivity index (χ0v) is 11.7. The van der Waals surface area contributed by atoms with E-state index in [1.54, 1.807) is 12.1 Å². The van der Waals surface area contributed by atoms with Gasteiger partial charge in [-0.05, 0) is 41.5 Å². The molecule has 1 N–H and O–H groups in total. The van der Waals surface area contributed by atoms with Crippen LogP contribution in [0.5, 0.6) is 0 Å². The number of aliphatic hydroxyl groups excluding tert-OH is 1. The first-order chi connectivity index (χ1) is 9.65. The molecule has 20 heavy (non-hydrogen) atoms. The zero-order chi connectivity index (χ0) is 14.1. The van der Waals surface area contributed by atoms with Gasteiger partial charge in [-0.2, -0.15) is 0 Å². The van der Waals surface area contributed by atoms with Crippen LogP contribution in [0.1, 0.15) is 23.5 Å². The normalized spacial score (nSPS) is 22.6. The maximum Gasteiger partial charge on any atom is 0.127 e. The Kier molecular flexibility index (Phi) is 3.77. The standard InChI is InChI=1S/C17H16ClFO/c18-13-7-6-12(16(19)9-13)8-17(20)15-10-14(15)11-4-2-1-3-5-11/h1-7,9,14-15,17,20H,8,10H2. The monoisotopic (exact) mass is 290 g/mol. The van der Waals surface area contributed by atoms with Gasteiger partial charge in [-0.3, -0.25) is 0 Å². The molecule has 0 spiro atoms. The van der Waals surface area contributed by atoms with Crippen molar-refractivity contribution in [1.82, 2.24) is 0 Å².